The molecule has 1 aromatic carbocycles. The van der Waals surface area contributed by atoms with Gasteiger partial charge in [0, 0.05) is 51.9 Å². The van der Waals surface area contributed by atoms with Gasteiger partial charge < -0.3 is 15.1 Å². The summed E-state index contributed by atoms with van der Waals surface area (Å²) >= 11 is 0. The number of hydrogen-bond acceptors (Lipinski definition) is 3. The number of anilines is 2. The van der Waals surface area contributed by atoms with Crippen molar-refractivity contribution in [3.63, 3.8) is 0 Å². The zero-order valence-corrected chi connectivity index (χ0v) is 14.8. The van der Waals surface area contributed by atoms with Gasteiger partial charge in [0.15, 0.2) is 0 Å². The summed E-state index contributed by atoms with van der Waals surface area (Å²) in [6, 6.07) is 7.76. The Morgan fingerprint density at radius 3 is 2.17 bits per heavy atom. The number of rotatable bonds is 9. The van der Waals surface area contributed by atoms with E-state index in [0.717, 1.165) is 30.6 Å². The summed E-state index contributed by atoms with van der Waals surface area (Å²) in [5, 5.41) is 2.90. The zero-order valence-electron chi connectivity index (χ0n) is 14.8. The molecule has 5 heteroatoms. The highest BCUT2D eigenvalue weighted by molar-refractivity contribution is 5.92. The molecule has 0 bridgehead atoms. The zero-order chi connectivity index (χ0) is 17.2. The van der Waals surface area contributed by atoms with Crippen molar-refractivity contribution < 1.29 is 9.59 Å². The number of nitrogens with zero attached hydrogens (tertiary/aromatic N) is 2. The maximum Gasteiger partial charge on any atom is 0.223 e. The predicted molar refractivity (Wildman–Crippen MR) is 95.9 cm³/mol. The number of carbonyl (C=O) groups excluding carboxylic acids is 2. The van der Waals surface area contributed by atoms with Crippen molar-refractivity contribution in [1.82, 2.24) is 5.32 Å². The molecule has 1 N–H and O–H groups in total. The molecule has 0 aliphatic heterocycles. The second-order valence-corrected chi connectivity index (χ2v) is 5.89. The highest BCUT2D eigenvalue weighted by Crippen LogP contribution is 2.20. The van der Waals surface area contributed by atoms with Crippen LogP contribution in [0.4, 0.5) is 11.4 Å². The van der Waals surface area contributed by atoms with Crippen LogP contribution in [0.5, 0.6) is 0 Å². The summed E-state index contributed by atoms with van der Waals surface area (Å²) < 4.78 is 0. The van der Waals surface area contributed by atoms with Crippen LogP contribution < -0.4 is 15.1 Å². The lowest BCUT2D eigenvalue weighted by Crippen LogP contribution is -2.34. The maximum absolute atomic E-state index is 11.9. The normalized spacial score (nSPS) is 10.3. The Kier molecular flexibility index (Phi) is 8.16. The molecular weight excluding hydrogens is 290 g/mol. The predicted octanol–water partition coefficient (Wildman–Crippen LogP) is 2.80. The minimum absolute atomic E-state index is 0.00253. The third kappa shape index (κ3) is 6.72. The van der Waals surface area contributed by atoms with Gasteiger partial charge in [-0.1, -0.05) is 19.8 Å². The van der Waals surface area contributed by atoms with Gasteiger partial charge in [0.2, 0.25) is 11.8 Å². The van der Waals surface area contributed by atoms with Gasteiger partial charge in [-0.3, -0.25) is 9.59 Å². The third-order valence-electron chi connectivity index (χ3n) is 3.72. The molecule has 1 aromatic rings. The number of unbranched alkanes of at least 4 members (excludes halogenated alkanes) is 2. The Morgan fingerprint density at radius 2 is 1.65 bits per heavy atom. The van der Waals surface area contributed by atoms with Crippen LogP contribution in [0.1, 0.15) is 39.5 Å². The Balaban J connectivity index is 2.55. The van der Waals surface area contributed by atoms with Crippen LogP contribution in [0, 0.1) is 0 Å². The van der Waals surface area contributed by atoms with Gasteiger partial charge in [-0.2, -0.15) is 0 Å². The number of amides is 2. The molecule has 1 rings (SSSR count). The van der Waals surface area contributed by atoms with E-state index in [4.69, 9.17) is 0 Å². The fourth-order valence-electron chi connectivity index (χ4n) is 2.30. The molecule has 128 valence electrons. The van der Waals surface area contributed by atoms with Crippen LogP contribution in [0.2, 0.25) is 0 Å². The molecule has 0 unspecified atom stereocenters. The molecule has 0 saturated heterocycles. The van der Waals surface area contributed by atoms with E-state index in [-0.39, 0.29) is 11.8 Å². The number of carbonyl (C=O) groups is 2. The minimum atomic E-state index is -0.0543. The van der Waals surface area contributed by atoms with Crippen molar-refractivity contribution in [2.75, 3.05) is 37.0 Å². The molecule has 5 nitrogen and oxygen atoms in total. The summed E-state index contributed by atoms with van der Waals surface area (Å²) in [4.78, 5) is 27.4. The largest absolute Gasteiger partial charge is 0.378 e. The lowest BCUT2D eigenvalue weighted by molar-refractivity contribution is -0.121. The van der Waals surface area contributed by atoms with Crippen LogP contribution in [0.3, 0.4) is 0 Å². The van der Waals surface area contributed by atoms with Gasteiger partial charge in [0.05, 0.1) is 0 Å². The topological polar surface area (TPSA) is 52.7 Å². The summed E-state index contributed by atoms with van der Waals surface area (Å²) in [5.74, 6) is -0.0568. The van der Waals surface area contributed by atoms with Gasteiger partial charge in [-0.25, -0.2) is 0 Å². The molecule has 0 atom stereocenters. The summed E-state index contributed by atoms with van der Waals surface area (Å²) in [5.41, 5.74) is 1.90. The average Bonchev–Trinajstić information content (AvgIpc) is 2.52. The van der Waals surface area contributed by atoms with Gasteiger partial charge in [0.25, 0.3) is 0 Å². The molecule has 0 radical (unpaired) electrons. The highest BCUT2D eigenvalue weighted by atomic mass is 16.2. The number of benzene rings is 1. The van der Waals surface area contributed by atoms with E-state index < -0.39 is 0 Å². The standard InChI is InChI=1S/C18H29N3O2/c1-5-6-7-13-19-18(23)12-14-21(15(2)22)17-10-8-16(9-11-17)20(3)4/h8-11H,5-7,12-14H2,1-4H3,(H,19,23). The lowest BCUT2D eigenvalue weighted by atomic mass is 10.2. The molecule has 0 aromatic heterocycles. The molecule has 0 fully saturated rings. The van der Waals surface area contributed by atoms with Crippen molar-refractivity contribution in [2.24, 2.45) is 0 Å². The summed E-state index contributed by atoms with van der Waals surface area (Å²) in [6.45, 7) is 4.77. The van der Waals surface area contributed by atoms with E-state index in [1.165, 1.54) is 6.92 Å². The number of hydrogen-bond donors (Lipinski definition) is 1. The van der Waals surface area contributed by atoms with Crippen LogP contribution in [-0.2, 0) is 9.59 Å². The van der Waals surface area contributed by atoms with Crippen molar-refractivity contribution in [1.29, 1.82) is 0 Å². The second-order valence-electron chi connectivity index (χ2n) is 5.89. The van der Waals surface area contributed by atoms with E-state index in [0.29, 0.717) is 19.5 Å². The van der Waals surface area contributed by atoms with E-state index in [9.17, 15) is 9.59 Å². The van der Waals surface area contributed by atoms with E-state index in [1.54, 1.807) is 4.90 Å². The molecule has 0 saturated carbocycles. The second kappa shape index (κ2) is 9.87. The maximum atomic E-state index is 11.9. The molecule has 2 amide bonds. The Hall–Kier alpha value is -2.04. The van der Waals surface area contributed by atoms with Crippen LogP contribution in [0.25, 0.3) is 0 Å². The van der Waals surface area contributed by atoms with Crippen molar-refractivity contribution >= 4 is 23.2 Å². The fraction of sp³-hybridized carbons (Fsp3) is 0.556. The first-order valence-electron chi connectivity index (χ1n) is 8.28. The van der Waals surface area contributed by atoms with Crippen molar-refractivity contribution in [3.05, 3.63) is 24.3 Å². The first-order valence-corrected chi connectivity index (χ1v) is 8.28. The smallest absolute Gasteiger partial charge is 0.223 e. The molecule has 0 aliphatic rings. The molecule has 0 spiro atoms. The van der Waals surface area contributed by atoms with Crippen molar-refractivity contribution in [2.45, 2.75) is 39.5 Å². The fourth-order valence-corrected chi connectivity index (χ4v) is 2.30. The van der Waals surface area contributed by atoms with E-state index in [2.05, 4.69) is 12.2 Å². The minimum Gasteiger partial charge on any atom is -0.378 e. The molecular formula is C18H29N3O2. The SMILES string of the molecule is CCCCCNC(=O)CCN(C(C)=O)c1ccc(N(C)C)cc1. The van der Waals surface area contributed by atoms with E-state index in [1.807, 2.05) is 43.3 Å². The van der Waals surface area contributed by atoms with Crippen LogP contribution in [0.15, 0.2) is 24.3 Å². The van der Waals surface area contributed by atoms with Gasteiger partial charge in [-0.15, -0.1) is 0 Å². The average molecular weight is 319 g/mol. The quantitative estimate of drug-likeness (QED) is 0.712. The van der Waals surface area contributed by atoms with Crippen molar-refractivity contribution in [3.8, 4) is 0 Å². The third-order valence-corrected chi connectivity index (χ3v) is 3.72. The highest BCUT2D eigenvalue weighted by Gasteiger charge is 2.13. The van der Waals surface area contributed by atoms with Gasteiger partial charge in [0.1, 0.15) is 0 Å². The van der Waals surface area contributed by atoms with Gasteiger partial charge in [-0.05, 0) is 30.7 Å². The Bertz CT molecular complexity index is 497. The van der Waals surface area contributed by atoms with E-state index >= 15 is 0 Å². The summed E-state index contributed by atoms with van der Waals surface area (Å²) in [7, 11) is 3.95. The lowest BCUT2D eigenvalue weighted by Gasteiger charge is -2.22. The first kappa shape index (κ1) is 19.0. The van der Waals surface area contributed by atoms with Crippen LogP contribution >= 0.6 is 0 Å². The van der Waals surface area contributed by atoms with Crippen LogP contribution in [-0.4, -0.2) is 39.0 Å². The summed E-state index contributed by atoms with van der Waals surface area (Å²) in [6.07, 6.45) is 3.58. The molecule has 23 heavy (non-hydrogen) atoms. The monoisotopic (exact) mass is 319 g/mol. The Morgan fingerprint density at radius 1 is 1.04 bits per heavy atom. The Labute approximate surface area is 139 Å². The van der Waals surface area contributed by atoms with Gasteiger partial charge >= 0.3 is 0 Å². The molecule has 0 heterocycles. The first-order chi connectivity index (χ1) is 11.0. The number of nitrogens with one attached hydrogen (secondary N) is 1. The molecule has 0 aliphatic carbocycles.